The maximum absolute atomic E-state index is 3.62. The molecule has 0 bridgehead atoms. The molecule has 2 N–H and O–H groups in total. The van der Waals surface area contributed by atoms with E-state index in [0.29, 0.717) is 0 Å². The molecule has 0 radical (unpaired) electrons. The normalized spacial score (nSPS) is 19.5. The summed E-state index contributed by atoms with van der Waals surface area (Å²) < 4.78 is 1.16. The van der Waals surface area contributed by atoms with Crippen molar-refractivity contribution < 1.29 is 0 Å². The van der Waals surface area contributed by atoms with E-state index in [1.165, 1.54) is 35.8 Å². The molecule has 3 rings (SSSR count). The number of anilines is 1. The van der Waals surface area contributed by atoms with Gasteiger partial charge in [0.2, 0.25) is 0 Å². The van der Waals surface area contributed by atoms with Gasteiger partial charge >= 0.3 is 0 Å². The van der Waals surface area contributed by atoms with Crippen molar-refractivity contribution in [3.8, 4) is 0 Å². The molecule has 1 heterocycles. The van der Waals surface area contributed by atoms with E-state index in [1.54, 1.807) is 0 Å². The lowest BCUT2D eigenvalue weighted by atomic mass is 9.99. The summed E-state index contributed by atoms with van der Waals surface area (Å²) in [5.74, 6) is 0.746. The lowest BCUT2D eigenvalue weighted by molar-refractivity contribution is 0.393. The second-order valence-electron chi connectivity index (χ2n) is 5.23. The number of benzene rings is 2. The molecular formula is C16H19BrN2. The van der Waals surface area contributed by atoms with Crippen molar-refractivity contribution in [1.29, 1.82) is 0 Å². The van der Waals surface area contributed by atoms with E-state index in [0.717, 1.165) is 23.5 Å². The molecule has 0 aliphatic carbocycles. The molecule has 1 saturated heterocycles. The Bertz CT molecular complexity index is 562. The molecule has 1 aliphatic heterocycles. The Morgan fingerprint density at radius 3 is 2.79 bits per heavy atom. The largest absolute Gasteiger partial charge is 0.384 e. The molecule has 1 fully saturated rings. The van der Waals surface area contributed by atoms with Crippen LogP contribution in [0.3, 0.4) is 0 Å². The van der Waals surface area contributed by atoms with Crippen LogP contribution in [0.2, 0.25) is 0 Å². The highest BCUT2D eigenvalue weighted by atomic mass is 79.9. The first-order valence-corrected chi connectivity index (χ1v) is 7.76. The van der Waals surface area contributed by atoms with Crippen molar-refractivity contribution in [1.82, 2.24) is 5.32 Å². The standard InChI is InChI=1S/C16H19BrN2/c17-15-7-8-16(14-6-2-1-5-13(14)15)19-11-12-4-3-9-18-10-12/h1-2,5-8,12,18-19H,3-4,9-11H2. The molecule has 100 valence electrons. The fourth-order valence-corrected chi connectivity index (χ4v) is 3.25. The Morgan fingerprint density at radius 2 is 2.00 bits per heavy atom. The Morgan fingerprint density at radius 1 is 1.16 bits per heavy atom. The van der Waals surface area contributed by atoms with Gasteiger partial charge in [0.25, 0.3) is 0 Å². The fourth-order valence-electron chi connectivity index (χ4n) is 2.77. The first kappa shape index (κ1) is 12.9. The Balaban J connectivity index is 1.79. The topological polar surface area (TPSA) is 24.1 Å². The van der Waals surface area contributed by atoms with Crippen LogP contribution >= 0.6 is 15.9 Å². The summed E-state index contributed by atoms with van der Waals surface area (Å²) in [7, 11) is 0. The number of nitrogens with one attached hydrogen (secondary N) is 2. The highest BCUT2D eigenvalue weighted by Crippen LogP contribution is 2.30. The van der Waals surface area contributed by atoms with Gasteiger partial charge in [0.1, 0.15) is 0 Å². The summed E-state index contributed by atoms with van der Waals surface area (Å²) in [6.07, 6.45) is 2.63. The predicted molar refractivity (Wildman–Crippen MR) is 85.7 cm³/mol. The van der Waals surface area contributed by atoms with E-state index in [2.05, 4.69) is 63.0 Å². The van der Waals surface area contributed by atoms with Gasteiger partial charge in [0, 0.05) is 22.1 Å². The highest BCUT2D eigenvalue weighted by molar-refractivity contribution is 9.10. The molecule has 1 unspecified atom stereocenters. The molecule has 2 nitrogen and oxygen atoms in total. The summed E-state index contributed by atoms with van der Waals surface area (Å²) in [6.45, 7) is 3.37. The summed E-state index contributed by atoms with van der Waals surface area (Å²) in [4.78, 5) is 0. The smallest absolute Gasteiger partial charge is 0.0420 e. The van der Waals surface area contributed by atoms with Gasteiger partial charge in [-0.2, -0.15) is 0 Å². The zero-order valence-corrected chi connectivity index (χ0v) is 12.5. The lowest BCUT2D eigenvalue weighted by Crippen LogP contribution is -2.33. The lowest BCUT2D eigenvalue weighted by Gasteiger charge is -2.23. The maximum atomic E-state index is 3.62. The van der Waals surface area contributed by atoms with Gasteiger partial charge in [-0.15, -0.1) is 0 Å². The molecule has 0 amide bonds. The molecular weight excluding hydrogens is 300 g/mol. The Kier molecular flexibility index (Phi) is 4.04. The van der Waals surface area contributed by atoms with E-state index in [4.69, 9.17) is 0 Å². The number of piperidine rings is 1. The molecule has 0 spiro atoms. The average molecular weight is 319 g/mol. The monoisotopic (exact) mass is 318 g/mol. The molecule has 0 aromatic heterocycles. The zero-order valence-electron chi connectivity index (χ0n) is 11.0. The predicted octanol–water partition coefficient (Wildman–Crippen LogP) is 4.01. The minimum absolute atomic E-state index is 0.746. The zero-order chi connectivity index (χ0) is 13.1. The van der Waals surface area contributed by atoms with E-state index in [-0.39, 0.29) is 0 Å². The molecule has 2 aromatic rings. The van der Waals surface area contributed by atoms with Crippen LogP contribution < -0.4 is 10.6 Å². The minimum atomic E-state index is 0.746. The van der Waals surface area contributed by atoms with Gasteiger partial charge in [-0.05, 0) is 49.4 Å². The van der Waals surface area contributed by atoms with Crippen LogP contribution in [0.1, 0.15) is 12.8 Å². The second kappa shape index (κ2) is 5.93. The Hall–Kier alpha value is -1.06. The van der Waals surface area contributed by atoms with Crippen LogP contribution in [0.4, 0.5) is 5.69 Å². The summed E-state index contributed by atoms with van der Waals surface area (Å²) in [5, 5.41) is 9.66. The fraction of sp³-hybridized carbons (Fsp3) is 0.375. The number of rotatable bonds is 3. The van der Waals surface area contributed by atoms with Crippen LogP contribution in [0.15, 0.2) is 40.9 Å². The second-order valence-corrected chi connectivity index (χ2v) is 6.09. The van der Waals surface area contributed by atoms with Crippen LogP contribution in [0.5, 0.6) is 0 Å². The van der Waals surface area contributed by atoms with Crippen molar-refractivity contribution in [2.45, 2.75) is 12.8 Å². The van der Waals surface area contributed by atoms with Gasteiger partial charge in [-0.1, -0.05) is 40.2 Å². The van der Waals surface area contributed by atoms with Crippen molar-refractivity contribution >= 4 is 32.4 Å². The van der Waals surface area contributed by atoms with Gasteiger partial charge in [0.05, 0.1) is 0 Å². The van der Waals surface area contributed by atoms with Crippen LogP contribution in [0.25, 0.3) is 10.8 Å². The van der Waals surface area contributed by atoms with E-state index < -0.39 is 0 Å². The number of hydrogen-bond acceptors (Lipinski definition) is 2. The maximum Gasteiger partial charge on any atom is 0.0420 e. The third-order valence-corrected chi connectivity index (χ3v) is 4.54. The molecule has 3 heteroatoms. The number of halogens is 1. The molecule has 1 aliphatic rings. The van der Waals surface area contributed by atoms with Crippen LogP contribution in [-0.2, 0) is 0 Å². The van der Waals surface area contributed by atoms with E-state index in [1.807, 2.05) is 0 Å². The number of hydrogen-bond donors (Lipinski definition) is 2. The first-order chi connectivity index (χ1) is 9.34. The quantitative estimate of drug-likeness (QED) is 0.893. The summed E-state index contributed by atoms with van der Waals surface area (Å²) in [6, 6.07) is 12.8. The van der Waals surface area contributed by atoms with Crippen molar-refractivity contribution in [2.24, 2.45) is 5.92 Å². The SMILES string of the molecule is Brc1ccc(NCC2CCCNC2)c2ccccc12. The highest BCUT2D eigenvalue weighted by Gasteiger charge is 2.13. The molecule has 0 saturated carbocycles. The van der Waals surface area contributed by atoms with Gasteiger partial charge < -0.3 is 10.6 Å². The van der Waals surface area contributed by atoms with E-state index >= 15 is 0 Å². The van der Waals surface area contributed by atoms with E-state index in [9.17, 15) is 0 Å². The van der Waals surface area contributed by atoms with Gasteiger partial charge in [-0.3, -0.25) is 0 Å². The molecule has 1 atom stereocenters. The average Bonchev–Trinajstić information content (AvgIpc) is 2.48. The van der Waals surface area contributed by atoms with Gasteiger partial charge in [0.15, 0.2) is 0 Å². The van der Waals surface area contributed by atoms with Crippen molar-refractivity contribution in [3.63, 3.8) is 0 Å². The van der Waals surface area contributed by atoms with Crippen molar-refractivity contribution in [3.05, 3.63) is 40.9 Å². The van der Waals surface area contributed by atoms with Crippen molar-refractivity contribution in [2.75, 3.05) is 25.0 Å². The first-order valence-electron chi connectivity index (χ1n) is 6.96. The molecule has 19 heavy (non-hydrogen) atoms. The van der Waals surface area contributed by atoms with Gasteiger partial charge in [-0.25, -0.2) is 0 Å². The Labute approximate surface area is 122 Å². The summed E-state index contributed by atoms with van der Waals surface area (Å²) >= 11 is 3.62. The third-order valence-electron chi connectivity index (χ3n) is 3.85. The minimum Gasteiger partial charge on any atom is -0.384 e. The molecule has 2 aromatic carbocycles. The van der Waals surface area contributed by atoms with Crippen LogP contribution in [-0.4, -0.2) is 19.6 Å². The summed E-state index contributed by atoms with van der Waals surface area (Å²) in [5.41, 5.74) is 1.24. The van der Waals surface area contributed by atoms with Crippen LogP contribution in [0, 0.1) is 5.92 Å². The third kappa shape index (κ3) is 2.93. The number of fused-ring (bicyclic) bond motifs is 1.